The predicted octanol–water partition coefficient (Wildman–Crippen LogP) is 6.15. The van der Waals surface area contributed by atoms with Crippen LogP contribution in [0.1, 0.15) is 71.3 Å². The molecule has 4 heteroatoms. The zero-order valence-corrected chi connectivity index (χ0v) is 18.2. The van der Waals surface area contributed by atoms with Gasteiger partial charge in [0.1, 0.15) is 18.1 Å². The average molecular weight is 414 g/mol. The molecule has 0 aliphatic carbocycles. The fourth-order valence-corrected chi connectivity index (χ4v) is 3.66. The highest BCUT2D eigenvalue weighted by atomic mass is 16.5. The first kappa shape index (κ1) is 22.1. The molecule has 0 radical (unpaired) electrons. The molecular weight excluding hydrogens is 386 g/mol. The molecule has 0 aromatic heterocycles. The summed E-state index contributed by atoms with van der Waals surface area (Å²) in [6.07, 6.45) is 1.48. The van der Waals surface area contributed by atoms with Gasteiger partial charge in [-0.15, -0.1) is 0 Å². The fourth-order valence-electron chi connectivity index (χ4n) is 3.66. The largest absolute Gasteiger partial charge is 0.507 e. The number of ketones is 1. The van der Waals surface area contributed by atoms with Gasteiger partial charge in [-0.25, -0.2) is 0 Å². The molecular formula is C27H27NO3. The van der Waals surface area contributed by atoms with Gasteiger partial charge in [-0.1, -0.05) is 56.7 Å². The summed E-state index contributed by atoms with van der Waals surface area (Å²) in [4.78, 5) is 11.7. The van der Waals surface area contributed by atoms with Crippen LogP contribution in [0.3, 0.4) is 0 Å². The topological polar surface area (TPSA) is 70.3 Å². The number of carbonyl (C=O) groups is 1. The van der Waals surface area contributed by atoms with Gasteiger partial charge >= 0.3 is 0 Å². The molecule has 4 nitrogen and oxygen atoms in total. The minimum absolute atomic E-state index is 0.0237. The van der Waals surface area contributed by atoms with Gasteiger partial charge < -0.3 is 9.84 Å². The van der Waals surface area contributed by atoms with E-state index in [0.717, 1.165) is 23.1 Å². The molecule has 31 heavy (non-hydrogen) atoms. The molecule has 1 atom stereocenters. The number of nitriles is 1. The highest BCUT2D eigenvalue weighted by molar-refractivity contribution is 5.97. The number of carbonyl (C=O) groups excluding carboxylic acids is 1. The fraction of sp³-hybridized carbons (Fsp3) is 0.259. The van der Waals surface area contributed by atoms with E-state index in [0.29, 0.717) is 35.5 Å². The Kier molecular flexibility index (Phi) is 7.10. The number of rotatable bonds is 8. The quantitative estimate of drug-likeness (QED) is 0.450. The smallest absolute Gasteiger partial charge is 0.163 e. The lowest BCUT2D eigenvalue weighted by Crippen LogP contribution is -2.03. The number of nitrogens with zero attached hydrogens (tertiary/aromatic N) is 1. The SMILES string of the molecule is CCCc1c(OCc2ccc(C(C)c3cccc(C#N)c3)cc2)ccc(C(C)=O)c1O. The lowest BCUT2D eigenvalue weighted by atomic mass is 9.92. The summed E-state index contributed by atoms with van der Waals surface area (Å²) in [5.41, 5.74) is 4.95. The van der Waals surface area contributed by atoms with Crippen molar-refractivity contribution in [2.75, 3.05) is 0 Å². The second-order valence-corrected chi connectivity index (χ2v) is 7.73. The number of phenolic OH excluding ortho intramolecular Hbond substituents is 1. The van der Waals surface area contributed by atoms with Crippen molar-refractivity contribution >= 4 is 5.78 Å². The van der Waals surface area contributed by atoms with Gasteiger partial charge in [-0.2, -0.15) is 5.26 Å². The number of phenols is 1. The van der Waals surface area contributed by atoms with Gasteiger partial charge in [0.2, 0.25) is 0 Å². The second-order valence-electron chi connectivity index (χ2n) is 7.73. The molecule has 0 bridgehead atoms. The third kappa shape index (κ3) is 5.13. The molecule has 0 saturated heterocycles. The number of hydrogen-bond acceptors (Lipinski definition) is 4. The summed E-state index contributed by atoms with van der Waals surface area (Å²) in [7, 11) is 0. The van der Waals surface area contributed by atoms with Crippen molar-refractivity contribution in [3.8, 4) is 17.6 Å². The maximum atomic E-state index is 11.7. The van der Waals surface area contributed by atoms with Crippen molar-refractivity contribution in [1.29, 1.82) is 5.26 Å². The summed E-state index contributed by atoms with van der Waals surface area (Å²) >= 11 is 0. The van der Waals surface area contributed by atoms with Gasteiger partial charge in [0.05, 0.1) is 17.2 Å². The predicted molar refractivity (Wildman–Crippen MR) is 122 cm³/mol. The lowest BCUT2D eigenvalue weighted by Gasteiger charge is -2.16. The summed E-state index contributed by atoms with van der Waals surface area (Å²) in [5.74, 6) is 0.646. The Labute approximate surface area is 183 Å². The average Bonchev–Trinajstić information content (AvgIpc) is 2.79. The Hall–Kier alpha value is -3.58. The number of Topliss-reactive ketones (excluding diaryl/α,β-unsaturated/α-hetero) is 1. The molecule has 3 aromatic rings. The standard InChI is InChI=1S/C27H27NO3/c1-4-6-25-26(14-13-24(19(3)29)27(25)30)31-17-20-9-11-22(12-10-20)18(2)23-8-5-7-21(15-23)16-28/h5,7-15,18,30H,4,6,17H2,1-3H3. The van der Waals surface area contributed by atoms with Crippen molar-refractivity contribution < 1.29 is 14.6 Å². The first-order chi connectivity index (χ1) is 14.9. The van der Waals surface area contributed by atoms with E-state index in [1.165, 1.54) is 6.92 Å². The molecule has 1 N–H and O–H groups in total. The van der Waals surface area contributed by atoms with Crippen molar-refractivity contribution in [2.45, 2.75) is 46.1 Å². The van der Waals surface area contributed by atoms with Crippen LogP contribution in [-0.4, -0.2) is 10.9 Å². The van der Waals surface area contributed by atoms with E-state index in [4.69, 9.17) is 10.00 Å². The zero-order chi connectivity index (χ0) is 22.4. The van der Waals surface area contributed by atoms with Gasteiger partial charge in [0.25, 0.3) is 0 Å². The van der Waals surface area contributed by atoms with E-state index in [1.54, 1.807) is 12.1 Å². The van der Waals surface area contributed by atoms with Crippen LogP contribution in [-0.2, 0) is 13.0 Å². The maximum Gasteiger partial charge on any atom is 0.163 e. The van der Waals surface area contributed by atoms with Crippen LogP contribution < -0.4 is 4.74 Å². The van der Waals surface area contributed by atoms with Crippen molar-refractivity contribution in [1.82, 2.24) is 0 Å². The van der Waals surface area contributed by atoms with Crippen LogP contribution >= 0.6 is 0 Å². The summed E-state index contributed by atoms with van der Waals surface area (Å²) in [6.45, 7) is 5.97. The van der Waals surface area contributed by atoms with Crippen molar-refractivity contribution in [3.05, 3.63) is 94.0 Å². The highest BCUT2D eigenvalue weighted by Gasteiger charge is 2.16. The second kappa shape index (κ2) is 9.95. The maximum absolute atomic E-state index is 11.7. The third-order valence-corrected chi connectivity index (χ3v) is 5.51. The summed E-state index contributed by atoms with van der Waals surface area (Å²) < 4.78 is 6.00. The van der Waals surface area contributed by atoms with E-state index in [-0.39, 0.29) is 17.5 Å². The monoisotopic (exact) mass is 413 g/mol. The third-order valence-electron chi connectivity index (χ3n) is 5.51. The van der Waals surface area contributed by atoms with E-state index in [1.807, 2.05) is 43.3 Å². The van der Waals surface area contributed by atoms with E-state index in [2.05, 4.69) is 25.1 Å². The van der Waals surface area contributed by atoms with Gasteiger partial charge in [0.15, 0.2) is 5.78 Å². The summed E-state index contributed by atoms with van der Waals surface area (Å²) in [6, 6.07) is 21.5. The van der Waals surface area contributed by atoms with Crippen LogP contribution in [0.2, 0.25) is 0 Å². The molecule has 3 rings (SSSR count). The Morgan fingerprint density at radius 3 is 2.48 bits per heavy atom. The molecule has 158 valence electrons. The number of benzene rings is 3. The first-order valence-electron chi connectivity index (χ1n) is 10.5. The van der Waals surface area contributed by atoms with E-state index < -0.39 is 0 Å². The minimum atomic E-state index is -0.161. The number of ether oxygens (including phenoxy) is 1. The minimum Gasteiger partial charge on any atom is -0.507 e. The van der Waals surface area contributed by atoms with E-state index in [9.17, 15) is 9.90 Å². The molecule has 0 heterocycles. The van der Waals surface area contributed by atoms with Gasteiger partial charge in [-0.3, -0.25) is 4.79 Å². The molecule has 1 unspecified atom stereocenters. The first-order valence-corrected chi connectivity index (χ1v) is 10.5. The number of aromatic hydroxyl groups is 1. The van der Waals surface area contributed by atoms with Crippen LogP contribution in [0.25, 0.3) is 0 Å². The number of hydrogen-bond donors (Lipinski definition) is 1. The molecule has 3 aromatic carbocycles. The van der Waals surface area contributed by atoms with Crippen LogP contribution in [0.4, 0.5) is 0 Å². The van der Waals surface area contributed by atoms with Crippen molar-refractivity contribution in [2.24, 2.45) is 0 Å². The highest BCUT2D eigenvalue weighted by Crippen LogP contribution is 2.33. The van der Waals surface area contributed by atoms with Crippen LogP contribution in [0.5, 0.6) is 11.5 Å². The molecule has 0 saturated carbocycles. The van der Waals surface area contributed by atoms with Crippen LogP contribution in [0.15, 0.2) is 60.7 Å². The van der Waals surface area contributed by atoms with Gasteiger partial charge in [0, 0.05) is 11.5 Å². The Balaban J connectivity index is 1.74. The molecule has 0 spiro atoms. The summed E-state index contributed by atoms with van der Waals surface area (Å²) in [5, 5.41) is 19.6. The molecule has 0 fully saturated rings. The molecule has 0 amide bonds. The molecule has 0 aliphatic heterocycles. The normalized spacial score (nSPS) is 11.5. The van der Waals surface area contributed by atoms with Crippen LogP contribution in [0, 0.1) is 11.3 Å². The lowest BCUT2D eigenvalue weighted by molar-refractivity contribution is 0.101. The Morgan fingerprint density at radius 1 is 1.10 bits per heavy atom. The molecule has 0 aliphatic rings. The zero-order valence-electron chi connectivity index (χ0n) is 18.2. The van der Waals surface area contributed by atoms with E-state index >= 15 is 0 Å². The Morgan fingerprint density at radius 2 is 1.84 bits per heavy atom. The van der Waals surface area contributed by atoms with Gasteiger partial charge in [-0.05, 0) is 54.3 Å². The Bertz CT molecular complexity index is 1110. The van der Waals surface area contributed by atoms with Crippen molar-refractivity contribution in [3.63, 3.8) is 0 Å².